The predicted octanol–water partition coefficient (Wildman–Crippen LogP) is 5.32. The number of anilines is 1. The van der Waals surface area contributed by atoms with Crippen LogP contribution in [0, 0.1) is 19.8 Å². The van der Waals surface area contributed by atoms with Crippen molar-refractivity contribution in [2.24, 2.45) is 5.92 Å². The molecule has 1 saturated heterocycles. The molecule has 1 aliphatic heterocycles. The highest BCUT2D eigenvalue weighted by Crippen LogP contribution is 2.38. The van der Waals surface area contributed by atoms with Crippen LogP contribution >= 0.6 is 0 Å². The molecule has 3 aromatic rings. The first kappa shape index (κ1) is 22.2. The third kappa shape index (κ3) is 3.72. The van der Waals surface area contributed by atoms with Gasteiger partial charge < -0.3 is 19.7 Å². The number of rotatable bonds is 3. The minimum absolute atomic E-state index is 0.000552. The number of aromatic nitrogens is 1. The molecule has 6 heteroatoms. The van der Waals surface area contributed by atoms with E-state index in [1.54, 1.807) is 23.9 Å². The Hall–Kier alpha value is -3.02. The van der Waals surface area contributed by atoms with Crippen molar-refractivity contribution in [1.29, 1.82) is 0 Å². The number of hydrogen-bond donors (Lipinski definition) is 1. The molecule has 1 aliphatic rings. The molecule has 0 radical (unpaired) electrons. The lowest BCUT2D eigenvalue weighted by atomic mass is 9.96. The van der Waals surface area contributed by atoms with Crippen molar-refractivity contribution in [3.8, 4) is 0 Å². The number of amides is 3. The number of benzene rings is 2. The average Bonchev–Trinajstić information content (AvgIpc) is 3.10. The second kappa shape index (κ2) is 8.49. The first-order valence-electron chi connectivity index (χ1n) is 11.5. The van der Waals surface area contributed by atoms with Crippen LogP contribution in [-0.2, 0) is 4.79 Å². The Kier molecular flexibility index (Phi) is 5.89. The molecule has 2 heterocycles. The van der Waals surface area contributed by atoms with E-state index in [0.717, 1.165) is 29.7 Å². The maximum absolute atomic E-state index is 13.3. The summed E-state index contributed by atoms with van der Waals surface area (Å²) >= 11 is 0. The van der Waals surface area contributed by atoms with Crippen molar-refractivity contribution in [3.63, 3.8) is 0 Å². The lowest BCUT2D eigenvalue weighted by Gasteiger charge is -2.33. The summed E-state index contributed by atoms with van der Waals surface area (Å²) in [6, 6.07) is 11.0. The number of para-hydroxylation sites is 1. The first-order valence-corrected chi connectivity index (χ1v) is 11.5. The summed E-state index contributed by atoms with van der Waals surface area (Å²) < 4.78 is 2.38. The molecule has 0 bridgehead atoms. The molecule has 0 spiro atoms. The van der Waals surface area contributed by atoms with Crippen LogP contribution < -0.4 is 5.32 Å². The van der Waals surface area contributed by atoms with Crippen LogP contribution in [0.4, 0.5) is 10.5 Å². The number of nitrogens with zero attached hydrogens (tertiary/aromatic N) is 3. The Morgan fingerprint density at radius 2 is 1.84 bits per heavy atom. The van der Waals surface area contributed by atoms with Crippen molar-refractivity contribution in [2.75, 3.05) is 32.5 Å². The number of likely N-dealkylation sites (tertiary alicyclic amines) is 1. The van der Waals surface area contributed by atoms with E-state index < -0.39 is 0 Å². The van der Waals surface area contributed by atoms with Gasteiger partial charge in [-0.2, -0.15) is 0 Å². The Bertz CT molecular complexity index is 1190. The molecule has 1 atom stereocenters. The summed E-state index contributed by atoms with van der Waals surface area (Å²) in [6.45, 7) is 9.75. The predicted molar refractivity (Wildman–Crippen MR) is 131 cm³/mol. The maximum atomic E-state index is 13.3. The molecule has 2 aromatic carbocycles. The lowest BCUT2D eigenvalue weighted by Crippen LogP contribution is -2.47. The Morgan fingerprint density at radius 3 is 2.53 bits per heavy atom. The maximum Gasteiger partial charge on any atom is 0.319 e. The summed E-state index contributed by atoms with van der Waals surface area (Å²) in [6.07, 6.45) is 1.65. The zero-order valence-corrected chi connectivity index (χ0v) is 20.0. The fourth-order valence-corrected chi connectivity index (χ4v) is 5.14. The third-order valence-corrected chi connectivity index (χ3v) is 6.66. The van der Waals surface area contributed by atoms with Gasteiger partial charge in [0.25, 0.3) is 0 Å². The van der Waals surface area contributed by atoms with Crippen LogP contribution in [0.15, 0.2) is 30.3 Å². The van der Waals surface area contributed by atoms with Gasteiger partial charge in [-0.25, -0.2) is 4.79 Å². The van der Waals surface area contributed by atoms with Crippen molar-refractivity contribution in [2.45, 2.75) is 46.6 Å². The van der Waals surface area contributed by atoms with Gasteiger partial charge in [0.2, 0.25) is 5.91 Å². The summed E-state index contributed by atoms with van der Waals surface area (Å²) in [5, 5.41) is 5.64. The second-order valence-corrected chi connectivity index (χ2v) is 9.52. The van der Waals surface area contributed by atoms with Crippen molar-refractivity contribution in [1.82, 2.24) is 14.4 Å². The molecule has 3 amide bonds. The number of carbonyl (C=O) groups is 2. The van der Waals surface area contributed by atoms with Gasteiger partial charge in [0, 0.05) is 55.2 Å². The fourth-order valence-electron chi connectivity index (χ4n) is 5.14. The smallest absolute Gasteiger partial charge is 0.319 e. The molecule has 0 aliphatic carbocycles. The summed E-state index contributed by atoms with van der Waals surface area (Å²) in [7, 11) is 3.50. The van der Waals surface area contributed by atoms with Crippen molar-refractivity contribution >= 4 is 39.4 Å². The van der Waals surface area contributed by atoms with Crippen LogP contribution in [0.2, 0.25) is 0 Å². The number of hydrogen-bond acceptors (Lipinski definition) is 2. The van der Waals surface area contributed by atoms with Gasteiger partial charge in [-0.05, 0) is 63.8 Å². The molecule has 1 aromatic heterocycles. The van der Waals surface area contributed by atoms with Crippen LogP contribution in [0.5, 0.6) is 0 Å². The Labute approximate surface area is 190 Å². The minimum atomic E-state index is -0.195. The summed E-state index contributed by atoms with van der Waals surface area (Å²) in [5.74, 6) is -0.196. The highest BCUT2D eigenvalue weighted by atomic mass is 16.2. The van der Waals surface area contributed by atoms with Gasteiger partial charge >= 0.3 is 6.03 Å². The monoisotopic (exact) mass is 434 g/mol. The largest absolute Gasteiger partial charge is 0.338 e. The highest BCUT2D eigenvalue weighted by molar-refractivity contribution is 6.12. The van der Waals surface area contributed by atoms with Gasteiger partial charge in [0.15, 0.2) is 0 Å². The molecule has 1 fully saturated rings. The van der Waals surface area contributed by atoms with E-state index in [9.17, 15) is 9.59 Å². The molecule has 6 nitrogen and oxygen atoms in total. The molecule has 4 rings (SSSR count). The van der Waals surface area contributed by atoms with Crippen LogP contribution in [0.1, 0.15) is 43.9 Å². The Balaban J connectivity index is 1.70. The zero-order chi connectivity index (χ0) is 23.2. The number of carbonyl (C=O) groups excluding carboxylic acids is 2. The summed E-state index contributed by atoms with van der Waals surface area (Å²) in [5.41, 5.74) is 5.47. The topological polar surface area (TPSA) is 57.6 Å². The van der Waals surface area contributed by atoms with Crippen molar-refractivity contribution in [3.05, 3.63) is 41.5 Å². The Morgan fingerprint density at radius 1 is 1.12 bits per heavy atom. The fraction of sp³-hybridized carbons (Fsp3) is 0.462. The van der Waals surface area contributed by atoms with Gasteiger partial charge in [-0.1, -0.05) is 18.2 Å². The molecular weight excluding hydrogens is 400 g/mol. The van der Waals surface area contributed by atoms with E-state index in [-0.39, 0.29) is 17.9 Å². The van der Waals surface area contributed by atoms with E-state index in [2.05, 4.69) is 67.9 Å². The number of nitrogens with one attached hydrogen (secondary N) is 1. The molecule has 0 saturated carbocycles. The van der Waals surface area contributed by atoms with E-state index in [4.69, 9.17) is 0 Å². The van der Waals surface area contributed by atoms with Gasteiger partial charge in [-0.15, -0.1) is 0 Å². The van der Waals surface area contributed by atoms with Gasteiger partial charge in [0.05, 0.1) is 11.4 Å². The molecule has 1 N–H and O–H groups in total. The molecular formula is C26H34N4O2. The van der Waals surface area contributed by atoms with Crippen LogP contribution in [0.3, 0.4) is 0 Å². The van der Waals surface area contributed by atoms with Crippen LogP contribution in [-0.4, -0.2) is 53.5 Å². The average molecular weight is 435 g/mol. The minimum Gasteiger partial charge on any atom is -0.338 e. The van der Waals surface area contributed by atoms with Crippen LogP contribution in [0.25, 0.3) is 21.8 Å². The standard InChI is InChI=1S/C26H34N4O2/c1-16(2)30-21-12-8-7-11-20(21)23-18(4)24(17(3)14-22(23)30)27-25(31)19-10-9-13-29(15-19)26(32)28(5)6/h7-8,11-12,14,16,19H,9-10,13,15H2,1-6H3,(H,27,31). The third-order valence-electron chi connectivity index (χ3n) is 6.66. The SMILES string of the molecule is Cc1cc2c(c(C)c1NC(=O)C1CCCN(C(=O)N(C)C)C1)c1ccccc1n2C(C)C. The quantitative estimate of drug-likeness (QED) is 0.606. The lowest BCUT2D eigenvalue weighted by molar-refractivity contribution is -0.121. The number of urea groups is 1. The van der Waals surface area contributed by atoms with Gasteiger partial charge in [-0.3, -0.25) is 4.79 Å². The number of aryl methyl sites for hydroxylation is 2. The van der Waals surface area contributed by atoms with Crippen molar-refractivity contribution < 1.29 is 9.59 Å². The van der Waals surface area contributed by atoms with E-state index >= 15 is 0 Å². The molecule has 170 valence electrons. The summed E-state index contributed by atoms with van der Waals surface area (Å²) in [4.78, 5) is 29.0. The number of piperidine rings is 1. The molecule has 32 heavy (non-hydrogen) atoms. The highest BCUT2D eigenvalue weighted by Gasteiger charge is 2.30. The van der Waals surface area contributed by atoms with E-state index in [1.165, 1.54) is 21.8 Å². The first-order chi connectivity index (χ1) is 15.2. The number of fused-ring (bicyclic) bond motifs is 3. The normalized spacial score (nSPS) is 16.7. The van der Waals surface area contributed by atoms with Gasteiger partial charge in [0.1, 0.15) is 0 Å². The van der Waals surface area contributed by atoms with E-state index in [0.29, 0.717) is 19.1 Å². The van der Waals surface area contributed by atoms with E-state index in [1.807, 2.05) is 0 Å². The second-order valence-electron chi connectivity index (χ2n) is 9.52. The molecule has 1 unspecified atom stereocenters. The zero-order valence-electron chi connectivity index (χ0n) is 20.0.